The lowest BCUT2D eigenvalue weighted by atomic mass is 10.4. The molecule has 1 fully saturated rings. The number of aliphatic imine (C=N–C) groups is 1. The molecule has 0 aliphatic carbocycles. The third-order valence-corrected chi connectivity index (χ3v) is 2.07. The molecule has 2 atom stereocenters. The van der Waals surface area contributed by atoms with Gasteiger partial charge in [0.1, 0.15) is 12.6 Å². The monoisotopic (exact) mass is 201 g/mol. The maximum Gasteiger partial charge on any atom is 0.324 e. The Morgan fingerprint density at radius 3 is 2.57 bits per heavy atom. The minimum atomic E-state index is -0.706. The Morgan fingerprint density at radius 2 is 2.14 bits per heavy atom. The average molecular weight is 201 g/mol. The Balaban J connectivity index is 2.95. The van der Waals surface area contributed by atoms with Crippen LogP contribution in [-0.4, -0.2) is 48.5 Å². The van der Waals surface area contributed by atoms with Crippen LogP contribution in [0.5, 0.6) is 0 Å². The first kappa shape index (κ1) is 10.7. The number of carbonyl (C=O) groups is 1. The maximum absolute atomic E-state index is 11.1. The summed E-state index contributed by atoms with van der Waals surface area (Å²) in [5, 5.41) is 2.78. The number of guanidine groups is 1. The van der Waals surface area contributed by atoms with Gasteiger partial charge in [-0.3, -0.25) is 16.5 Å². The second-order valence-electron chi connectivity index (χ2n) is 2.92. The van der Waals surface area contributed by atoms with Crippen molar-refractivity contribution >= 4 is 12.0 Å². The maximum atomic E-state index is 11.1. The summed E-state index contributed by atoms with van der Waals surface area (Å²) in [7, 11) is 3.19. The van der Waals surface area contributed by atoms with Crippen LogP contribution in [0, 0.1) is 0 Å². The SMILES string of the molecule is CN=C1NC(N)N(C)C(N)N1C(N)=O. The lowest BCUT2D eigenvalue weighted by Crippen LogP contribution is -2.74. The number of amides is 2. The van der Waals surface area contributed by atoms with Crippen molar-refractivity contribution in [3.63, 3.8) is 0 Å². The molecule has 0 spiro atoms. The first-order valence-electron chi connectivity index (χ1n) is 4.04. The van der Waals surface area contributed by atoms with Gasteiger partial charge in [-0.2, -0.15) is 0 Å². The number of nitrogens with one attached hydrogen (secondary N) is 1. The third kappa shape index (κ3) is 1.62. The summed E-state index contributed by atoms with van der Waals surface area (Å²) in [6.07, 6.45) is -1.19. The van der Waals surface area contributed by atoms with Crippen LogP contribution in [0.3, 0.4) is 0 Å². The van der Waals surface area contributed by atoms with E-state index in [0.717, 1.165) is 4.90 Å². The Hall–Kier alpha value is -1.38. The molecule has 1 aliphatic rings. The van der Waals surface area contributed by atoms with Gasteiger partial charge < -0.3 is 11.1 Å². The van der Waals surface area contributed by atoms with Crippen molar-refractivity contribution in [1.29, 1.82) is 0 Å². The molecule has 2 unspecified atom stereocenters. The number of nitrogens with two attached hydrogens (primary N) is 3. The van der Waals surface area contributed by atoms with Crippen molar-refractivity contribution < 1.29 is 4.79 Å². The van der Waals surface area contributed by atoms with Crippen LogP contribution in [0.15, 0.2) is 4.99 Å². The topological polar surface area (TPSA) is 126 Å². The summed E-state index contributed by atoms with van der Waals surface area (Å²) in [6.45, 7) is 0. The van der Waals surface area contributed by atoms with E-state index in [0.29, 0.717) is 0 Å². The number of hydrogen-bond donors (Lipinski definition) is 4. The molecule has 8 heteroatoms. The van der Waals surface area contributed by atoms with Crippen molar-refractivity contribution in [2.75, 3.05) is 14.1 Å². The van der Waals surface area contributed by atoms with E-state index in [1.807, 2.05) is 0 Å². The van der Waals surface area contributed by atoms with E-state index in [2.05, 4.69) is 10.3 Å². The summed E-state index contributed by atoms with van der Waals surface area (Å²) >= 11 is 0. The largest absolute Gasteiger partial charge is 0.351 e. The molecular formula is C6H15N7O. The number of carbonyl (C=O) groups excluding carboxylic acids is 1. The number of rotatable bonds is 0. The predicted molar refractivity (Wildman–Crippen MR) is 51.6 cm³/mol. The van der Waals surface area contributed by atoms with E-state index in [9.17, 15) is 4.79 Å². The number of nitrogens with zero attached hydrogens (tertiary/aromatic N) is 3. The summed E-state index contributed by atoms with van der Waals surface area (Å²) in [6, 6.07) is -0.677. The highest BCUT2D eigenvalue weighted by atomic mass is 16.2. The molecule has 0 aromatic rings. The zero-order valence-electron chi connectivity index (χ0n) is 8.14. The molecule has 14 heavy (non-hydrogen) atoms. The van der Waals surface area contributed by atoms with Gasteiger partial charge in [-0.25, -0.2) is 14.6 Å². The Bertz CT molecular complexity index is 265. The average Bonchev–Trinajstić information content (AvgIpc) is 2.12. The molecule has 8 nitrogen and oxygen atoms in total. The first-order chi connectivity index (χ1) is 6.49. The van der Waals surface area contributed by atoms with Gasteiger partial charge in [-0.15, -0.1) is 0 Å². The summed E-state index contributed by atoms with van der Waals surface area (Å²) < 4.78 is 0. The van der Waals surface area contributed by atoms with E-state index >= 15 is 0 Å². The second-order valence-corrected chi connectivity index (χ2v) is 2.92. The minimum absolute atomic E-state index is 0.274. The molecule has 0 radical (unpaired) electrons. The fourth-order valence-electron chi connectivity index (χ4n) is 1.18. The van der Waals surface area contributed by atoms with Crippen molar-refractivity contribution in [3.05, 3.63) is 0 Å². The van der Waals surface area contributed by atoms with Crippen molar-refractivity contribution in [2.24, 2.45) is 22.2 Å². The minimum Gasteiger partial charge on any atom is -0.351 e. The van der Waals surface area contributed by atoms with Crippen LogP contribution in [0.4, 0.5) is 4.79 Å². The molecule has 7 N–H and O–H groups in total. The lowest BCUT2D eigenvalue weighted by molar-refractivity contribution is 0.0636. The molecule has 80 valence electrons. The molecule has 1 rings (SSSR count). The normalized spacial score (nSPS) is 31.7. The van der Waals surface area contributed by atoms with Gasteiger partial charge in [0.25, 0.3) is 0 Å². The van der Waals surface area contributed by atoms with Gasteiger partial charge in [0.2, 0.25) is 5.96 Å². The zero-order valence-corrected chi connectivity index (χ0v) is 8.14. The molecule has 0 saturated carbocycles. The Kier molecular flexibility index (Phi) is 2.89. The number of urea groups is 1. The van der Waals surface area contributed by atoms with E-state index in [1.165, 1.54) is 7.05 Å². The molecule has 2 amide bonds. The van der Waals surface area contributed by atoms with Crippen LogP contribution in [0.25, 0.3) is 0 Å². The van der Waals surface area contributed by atoms with E-state index in [-0.39, 0.29) is 5.96 Å². The van der Waals surface area contributed by atoms with E-state index < -0.39 is 18.6 Å². The molecule has 0 bridgehead atoms. The van der Waals surface area contributed by atoms with Gasteiger partial charge in [-0.05, 0) is 7.05 Å². The molecule has 0 aromatic carbocycles. The summed E-state index contributed by atoms with van der Waals surface area (Å²) in [5.41, 5.74) is 16.6. The first-order valence-corrected chi connectivity index (χ1v) is 4.04. The van der Waals surface area contributed by atoms with Gasteiger partial charge >= 0.3 is 6.03 Å². The molecule has 1 heterocycles. The zero-order chi connectivity index (χ0) is 10.9. The van der Waals surface area contributed by atoms with Crippen LogP contribution in [0.2, 0.25) is 0 Å². The van der Waals surface area contributed by atoms with Gasteiger partial charge in [-0.1, -0.05) is 0 Å². The molecule has 1 aliphatic heterocycles. The molecular weight excluding hydrogens is 186 g/mol. The smallest absolute Gasteiger partial charge is 0.324 e. The van der Waals surface area contributed by atoms with Gasteiger partial charge in [0, 0.05) is 7.05 Å². The standard InChI is InChI=1S/C6H15N7O/c1-10-6-11-3(7)12(2)4(8)13(6)5(9)14/h3-4H,7-8H2,1-2H3,(H2,9,14)(H,10,11). The van der Waals surface area contributed by atoms with Crippen molar-refractivity contribution in [3.8, 4) is 0 Å². The van der Waals surface area contributed by atoms with Gasteiger partial charge in [0.05, 0.1) is 0 Å². The lowest BCUT2D eigenvalue weighted by Gasteiger charge is -2.43. The molecule has 1 saturated heterocycles. The molecule has 0 aromatic heterocycles. The quantitative estimate of drug-likeness (QED) is 0.341. The summed E-state index contributed by atoms with van der Waals surface area (Å²) in [4.78, 5) is 17.6. The van der Waals surface area contributed by atoms with Crippen LogP contribution >= 0.6 is 0 Å². The third-order valence-electron chi connectivity index (χ3n) is 2.07. The number of primary amides is 1. The van der Waals surface area contributed by atoms with Crippen LogP contribution in [0.1, 0.15) is 0 Å². The Labute approximate surface area is 81.7 Å². The van der Waals surface area contributed by atoms with Crippen LogP contribution in [-0.2, 0) is 0 Å². The Morgan fingerprint density at radius 1 is 1.57 bits per heavy atom. The van der Waals surface area contributed by atoms with E-state index in [1.54, 1.807) is 11.9 Å². The second kappa shape index (κ2) is 3.78. The highest BCUT2D eigenvalue weighted by molar-refractivity contribution is 5.96. The highest BCUT2D eigenvalue weighted by Crippen LogP contribution is 2.06. The predicted octanol–water partition coefficient (Wildman–Crippen LogP) is -2.63. The number of hydrogen-bond acceptors (Lipinski definition) is 5. The van der Waals surface area contributed by atoms with Crippen LogP contribution < -0.4 is 22.5 Å². The van der Waals surface area contributed by atoms with Crippen molar-refractivity contribution in [2.45, 2.75) is 12.6 Å². The fourth-order valence-corrected chi connectivity index (χ4v) is 1.18. The van der Waals surface area contributed by atoms with Gasteiger partial charge in [0.15, 0.2) is 0 Å². The summed E-state index contributed by atoms with van der Waals surface area (Å²) in [5.74, 6) is 0.274. The fraction of sp³-hybridized carbons (Fsp3) is 0.667. The highest BCUT2D eigenvalue weighted by Gasteiger charge is 2.34. The van der Waals surface area contributed by atoms with Crippen molar-refractivity contribution in [1.82, 2.24) is 15.1 Å². The van der Waals surface area contributed by atoms with E-state index in [4.69, 9.17) is 17.2 Å².